The Bertz CT molecular complexity index is 927. The lowest BCUT2D eigenvalue weighted by molar-refractivity contribution is -0.131. The van der Waals surface area contributed by atoms with Crippen LogP contribution in [0, 0.1) is 13.8 Å². The van der Waals surface area contributed by atoms with Crippen molar-refractivity contribution in [1.82, 2.24) is 20.1 Å². The lowest BCUT2D eigenvalue weighted by atomic mass is 9.93. The van der Waals surface area contributed by atoms with Crippen molar-refractivity contribution >= 4 is 16.7 Å². The van der Waals surface area contributed by atoms with Crippen LogP contribution >= 0.6 is 0 Å². The van der Waals surface area contributed by atoms with E-state index >= 15 is 0 Å². The molecule has 0 bridgehead atoms. The predicted octanol–water partition coefficient (Wildman–Crippen LogP) is 3.52. The monoisotopic (exact) mass is 348 g/mol. The molecule has 0 aliphatic carbocycles. The number of aryl methyl sites for hydroxylation is 2. The molecular formula is C21H24N4O. The van der Waals surface area contributed by atoms with E-state index in [1.807, 2.05) is 31.0 Å². The fraction of sp³-hybridized carbons (Fsp3) is 0.381. The number of fused-ring (bicyclic) bond motifs is 1. The first-order valence-electron chi connectivity index (χ1n) is 9.24. The van der Waals surface area contributed by atoms with Gasteiger partial charge in [-0.05, 0) is 38.1 Å². The van der Waals surface area contributed by atoms with Gasteiger partial charge in [-0.2, -0.15) is 5.10 Å². The van der Waals surface area contributed by atoms with E-state index in [0.29, 0.717) is 12.3 Å². The van der Waals surface area contributed by atoms with Gasteiger partial charge in [0.25, 0.3) is 0 Å². The Morgan fingerprint density at radius 1 is 1.27 bits per heavy atom. The number of benzene rings is 1. The number of carbonyl (C=O) groups excluding carboxylic acids is 1. The second-order valence-electron chi connectivity index (χ2n) is 7.22. The maximum absolute atomic E-state index is 12.8. The summed E-state index contributed by atoms with van der Waals surface area (Å²) < 4.78 is 0. The molecule has 1 saturated heterocycles. The molecule has 3 aromatic rings. The molecule has 3 heterocycles. The van der Waals surface area contributed by atoms with E-state index < -0.39 is 0 Å². The number of nitrogens with one attached hydrogen (secondary N) is 1. The van der Waals surface area contributed by atoms with Crippen molar-refractivity contribution < 1.29 is 4.79 Å². The summed E-state index contributed by atoms with van der Waals surface area (Å²) in [5, 5.41) is 9.54. The number of aromatic amines is 1. The molecule has 26 heavy (non-hydrogen) atoms. The van der Waals surface area contributed by atoms with E-state index in [1.54, 1.807) is 0 Å². The van der Waals surface area contributed by atoms with Crippen LogP contribution in [0.2, 0.25) is 0 Å². The number of nitrogens with zero attached hydrogens (tertiary/aromatic N) is 3. The van der Waals surface area contributed by atoms with Gasteiger partial charge in [-0.1, -0.05) is 24.3 Å². The maximum Gasteiger partial charge on any atom is 0.227 e. The van der Waals surface area contributed by atoms with Crippen molar-refractivity contribution in [2.75, 3.05) is 13.1 Å². The summed E-state index contributed by atoms with van der Waals surface area (Å²) in [5.41, 5.74) is 4.03. The molecule has 1 amide bonds. The number of likely N-dealkylation sites (tertiary alicyclic amines) is 1. The maximum atomic E-state index is 12.8. The normalized spacial score (nSPS) is 17.6. The molecule has 1 aromatic carbocycles. The number of hydrogen-bond donors (Lipinski definition) is 1. The summed E-state index contributed by atoms with van der Waals surface area (Å²) in [6.45, 7) is 5.50. The highest BCUT2D eigenvalue weighted by molar-refractivity contribution is 5.82. The average Bonchev–Trinajstić information content (AvgIpc) is 2.99. The highest BCUT2D eigenvalue weighted by Crippen LogP contribution is 2.28. The molecule has 1 N–H and O–H groups in total. The topological polar surface area (TPSA) is 61.9 Å². The van der Waals surface area contributed by atoms with Gasteiger partial charge in [-0.25, -0.2) is 0 Å². The van der Waals surface area contributed by atoms with Crippen molar-refractivity contribution in [2.24, 2.45) is 0 Å². The number of piperidine rings is 1. The van der Waals surface area contributed by atoms with Crippen LogP contribution in [0.4, 0.5) is 0 Å². The van der Waals surface area contributed by atoms with Crippen LogP contribution in [0.15, 0.2) is 36.5 Å². The third-order valence-electron chi connectivity index (χ3n) is 5.45. The van der Waals surface area contributed by atoms with Crippen LogP contribution in [-0.4, -0.2) is 39.1 Å². The van der Waals surface area contributed by atoms with E-state index in [-0.39, 0.29) is 5.91 Å². The zero-order valence-corrected chi connectivity index (χ0v) is 15.3. The van der Waals surface area contributed by atoms with E-state index in [9.17, 15) is 4.79 Å². The third-order valence-corrected chi connectivity index (χ3v) is 5.45. The van der Waals surface area contributed by atoms with Gasteiger partial charge < -0.3 is 4.90 Å². The molecule has 1 aliphatic rings. The Labute approximate surface area is 153 Å². The highest BCUT2D eigenvalue weighted by atomic mass is 16.2. The van der Waals surface area contributed by atoms with Crippen LogP contribution in [0.5, 0.6) is 0 Å². The van der Waals surface area contributed by atoms with Gasteiger partial charge in [0.2, 0.25) is 5.91 Å². The van der Waals surface area contributed by atoms with E-state index in [4.69, 9.17) is 0 Å². The van der Waals surface area contributed by atoms with Gasteiger partial charge in [-0.3, -0.25) is 14.9 Å². The molecule has 5 heteroatoms. The Morgan fingerprint density at radius 3 is 2.85 bits per heavy atom. The summed E-state index contributed by atoms with van der Waals surface area (Å²) in [6.07, 6.45) is 4.48. The summed E-state index contributed by atoms with van der Waals surface area (Å²) in [6, 6.07) is 10.5. The van der Waals surface area contributed by atoms with Crippen LogP contribution in [0.25, 0.3) is 10.8 Å². The fourth-order valence-corrected chi connectivity index (χ4v) is 3.87. The molecule has 1 fully saturated rings. The molecule has 5 nitrogen and oxygen atoms in total. The summed E-state index contributed by atoms with van der Waals surface area (Å²) >= 11 is 0. The Morgan fingerprint density at radius 2 is 2.08 bits per heavy atom. The first kappa shape index (κ1) is 16.8. The standard InChI is InChI=1S/C21H24N4O/c1-14-19(15(2)24-23-14)11-21(26)25-9-5-8-18(13-25)20-10-16-6-3-4-7-17(16)12-22-20/h3-4,6-7,10,12,18H,5,8-9,11,13H2,1-2H3,(H,23,24). The van der Waals surface area contributed by atoms with Crippen molar-refractivity contribution in [3.05, 3.63) is 59.2 Å². The molecular weight excluding hydrogens is 324 g/mol. The number of hydrogen-bond acceptors (Lipinski definition) is 3. The molecule has 2 aromatic heterocycles. The number of H-pyrrole nitrogens is 1. The Hall–Kier alpha value is -2.69. The minimum Gasteiger partial charge on any atom is -0.342 e. The number of pyridine rings is 1. The highest BCUT2D eigenvalue weighted by Gasteiger charge is 2.26. The van der Waals surface area contributed by atoms with Crippen LogP contribution in [0.3, 0.4) is 0 Å². The number of aromatic nitrogens is 3. The van der Waals surface area contributed by atoms with E-state index in [2.05, 4.69) is 39.4 Å². The second-order valence-corrected chi connectivity index (χ2v) is 7.22. The van der Waals surface area contributed by atoms with Crippen molar-refractivity contribution in [1.29, 1.82) is 0 Å². The summed E-state index contributed by atoms with van der Waals surface area (Å²) in [4.78, 5) is 19.5. The lowest BCUT2D eigenvalue weighted by Gasteiger charge is -2.32. The minimum absolute atomic E-state index is 0.183. The average molecular weight is 348 g/mol. The number of carbonyl (C=O) groups is 1. The fourth-order valence-electron chi connectivity index (χ4n) is 3.87. The van der Waals surface area contributed by atoms with Crippen molar-refractivity contribution in [3.8, 4) is 0 Å². The SMILES string of the molecule is Cc1n[nH]c(C)c1CC(=O)N1CCCC(c2cc3ccccc3cn2)C1. The van der Waals surface area contributed by atoms with Gasteiger partial charge in [0, 0.05) is 47.5 Å². The summed E-state index contributed by atoms with van der Waals surface area (Å²) in [5.74, 6) is 0.493. The molecule has 1 aliphatic heterocycles. The third kappa shape index (κ3) is 3.21. The molecule has 4 rings (SSSR count). The zero-order valence-electron chi connectivity index (χ0n) is 15.3. The minimum atomic E-state index is 0.183. The number of rotatable bonds is 3. The van der Waals surface area contributed by atoms with Gasteiger partial charge in [0.05, 0.1) is 12.1 Å². The second kappa shape index (κ2) is 6.90. The summed E-state index contributed by atoms with van der Waals surface area (Å²) in [7, 11) is 0. The molecule has 1 unspecified atom stereocenters. The van der Waals surface area contributed by atoms with Crippen LogP contribution < -0.4 is 0 Å². The van der Waals surface area contributed by atoms with Gasteiger partial charge in [0.1, 0.15) is 0 Å². The van der Waals surface area contributed by atoms with E-state index in [0.717, 1.165) is 54.0 Å². The largest absolute Gasteiger partial charge is 0.342 e. The molecule has 1 atom stereocenters. The Kier molecular flexibility index (Phi) is 4.45. The van der Waals surface area contributed by atoms with Crippen LogP contribution in [0.1, 0.15) is 41.4 Å². The quantitative estimate of drug-likeness (QED) is 0.788. The van der Waals surface area contributed by atoms with Crippen molar-refractivity contribution in [2.45, 2.75) is 39.0 Å². The smallest absolute Gasteiger partial charge is 0.227 e. The Balaban J connectivity index is 1.50. The molecule has 134 valence electrons. The first-order chi connectivity index (χ1) is 12.6. The molecule has 0 radical (unpaired) electrons. The molecule has 0 spiro atoms. The predicted molar refractivity (Wildman–Crippen MR) is 102 cm³/mol. The first-order valence-corrected chi connectivity index (χ1v) is 9.24. The van der Waals surface area contributed by atoms with Crippen LogP contribution in [-0.2, 0) is 11.2 Å². The zero-order chi connectivity index (χ0) is 18.1. The van der Waals surface area contributed by atoms with E-state index in [1.165, 1.54) is 5.39 Å². The van der Waals surface area contributed by atoms with Gasteiger partial charge >= 0.3 is 0 Å². The molecule has 0 saturated carbocycles. The van der Waals surface area contributed by atoms with Crippen molar-refractivity contribution in [3.63, 3.8) is 0 Å². The number of amides is 1. The lowest BCUT2D eigenvalue weighted by Crippen LogP contribution is -2.40. The van der Waals surface area contributed by atoms with Gasteiger partial charge in [0.15, 0.2) is 0 Å². The van der Waals surface area contributed by atoms with Gasteiger partial charge in [-0.15, -0.1) is 0 Å².